The molecule has 1 aliphatic heterocycles. The van der Waals surface area contributed by atoms with Crippen molar-refractivity contribution in [2.45, 2.75) is 39.2 Å². The van der Waals surface area contributed by atoms with Crippen molar-refractivity contribution < 1.29 is 4.39 Å². The van der Waals surface area contributed by atoms with E-state index in [1.807, 2.05) is 12.1 Å². The molecule has 0 amide bonds. The maximum Gasteiger partial charge on any atom is 0.123 e. The number of piperidine rings is 1. The summed E-state index contributed by atoms with van der Waals surface area (Å²) < 4.78 is 13.0. The number of rotatable bonds is 5. The molecule has 1 aliphatic rings. The molecule has 0 aliphatic carbocycles. The van der Waals surface area contributed by atoms with Crippen LogP contribution in [-0.2, 0) is 0 Å². The van der Waals surface area contributed by atoms with E-state index in [1.54, 1.807) is 12.1 Å². The highest BCUT2D eigenvalue weighted by Gasteiger charge is 2.21. The van der Waals surface area contributed by atoms with Crippen LogP contribution in [0.1, 0.15) is 33.1 Å². The summed E-state index contributed by atoms with van der Waals surface area (Å²) in [6.07, 6.45) is 3.84. The number of nitrogens with one attached hydrogen (secondary N) is 1. The number of anilines is 1. The molecule has 3 heteroatoms. The summed E-state index contributed by atoms with van der Waals surface area (Å²) >= 11 is 0. The van der Waals surface area contributed by atoms with Crippen LogP contribution in [-0.4, -0.2) is 25.7 Å². The van der Waals surface area contributed by atoms with E-state index in [0.29, 0.717) is 6.04 Å². The molecule has 1 saturated heterocycles. The van der Waals surface area contributed by atoms with Crippen molar-refractivity contribution in [2.24, 2.45) is 5.92 Å². The molecule has 19 heavy (non-hydrogen) atoms. The van der Waals surface area contributed by atoms with Crippen molar-refractivity contribution in [3.8, 4) is 0 Å². The van der Waals surface area contributed by atoms with Gasteiger partial charge in [0.1, 0.15) is 5.82 Å². The lowest BCUT2D eigenvalue weighted by Gasteiger charge is -2.34. The van der Waals surface area contributed by atoms with Gasteiger partial charge in [-0.1, -0.05) is 13.3 Å². The molecule has 1 N–H and O–H groups in total. The number of hydrogen-bond acceptors (Lipinski definition) is 2. The molecule has 0 aromatic heterocycles. The zero-order chi connectivity index (χ0) is 13.7. The second-order valence-corrected chi connectivity index (χ2v) is 5.46. The zero-order valence-corrected chi connectivity index (χ0v) is 12.0. The quantitative estimate of drug-likeness (QED) is 0.876. The summed E-state index contributed by atoms with van der Waals surface area (Å²) in [6.45, 7) is 7.54. The van der Waals surface area contributed by atoms with Crippen molar-refractivity contribution in [1.82, 2.24) is 5.32 Å². The summed E-state index contributed by atoms with van der Waals surface area (Å²) in [5, 5.41) is 3.61. The van der Waals surface area contributed by atoms with Crippen molar-refractivity contribution in [2.75, 3.05) is 24.5 Å². The van der Waals surface area contributed by atoms with Gasteiger partial charge in [-0.3, -0.25) is 0 Å². The predicted octanol–water partition coefficient (Wildman–Crippen LogP) is 3.43. The fourth-order valence-electron chi connectivity index (χ4n) is 2.94. The molecule has 0 saturated carbocycles. The first-order valence-electron chi connectivity index (χ1n) is 7.46. The van der Waals surface area contributed by atoms with E-state index in [1.165, 1.54) is 19.3 Å². The molecule has 2 rings (SSSR count). The largest absolute Gasteiger partial charge is 0.370 e. The third kappa shape index (κ3) is 3.93. The first-order chi connectivity index (χ1) is 9.22. The van der Waals surface area contributed by atoms with Gasteiger partial charge < -0.3 is 10.2 Å². The Hall–Kier alpha value is -1.09. The Kier molecular flexibility index (Phi) is 5.20. The summed E-state index contributed by atoms with van der Waals surface area (Å²) in [4.78, 5) is 2.33. The minimum absolute atomic E-state index is 0.165. The van der Waals surface area contributed by atoms with E-state index in [0.717, 1.165) is 31.2 Å². The van der Waals surface area contributed by atoms with Gasteiger partial charge in [0, 0.05) is 24.8 Å². The zero-order valence-electron chi connectivity index (χ0n) is 12.0. The number of likely N-dealkylation sites (N-methyl/N-ethyl adjacent to an activating group) is 1. The van der Waals surface area contributed by atoms with Gasteiger partial charge >= 0.3 is 0 Å². The number of halogens is 1. The van der Waals surface area contributed by atoms with Gasteiger partial charge in [-0.2, -0.15) is 0 Å². The van der Waals surface area contributed by atoms with Crippen molar-refractivity contribution >= 4 is 5.69 Å². The van der Waals surface area contributed by atoms with Gasteiger partial charge in [0.2, 0.25) is 0 Å². The Balaban J connectivity index is 1.96. The summed E-state index contributed by atoms with van der Waals surface area (Å²) in [7, 11) is 0. The summed E-state index contributed by atoms with van der Waals surface area (Å²) in [5.74, 6) is 0.694. The van der Waals surface area contributed by atoms with E-state index >= 15 is 0 Å². The van der Waals surface area contributed by atoms with Crippen molar-refractivity contribution in [3.63, 3.8) is 0 Å². The average Bonchev–Trinajstić information content (AvgIpc) is 2.46. The summed E-state index contributed by atoms with van der Waals surface area (Å²) in [6, 6.07) is 7.39. The van der Waals surface area contributed by atoms with Gasteiger partial charge in [0.25, 0.3) is 0 Å². The molecule has 0 radical (unpaired) electrons. The lowest BCUT2D eigenvalue weighted by Crippen LogP contribution is -2.46. The van der Waals surface area contributed by atoms with Crippen LogP contribution in [0.4, 0.5) is 10.1 Å². The standard InChI is InChI=1S/C16H25FN2/c1-3-13-9-10-18-15(11-13)12-19(4-2)16-7-5-14(17)6-8-16/h5-8,13,15,18H,3-4,9-12H2,1-2H3. The Morgan fingerprint density at radius 1 is 1.26 bits per heavy atom. The lowest BCUT2D eigenvalue weighted by atomic mass is 9.90. The van der Waals surface area contributed by atoms with Crippen LogP contribution in [0, 0.1) is 11.7 Å². The molecule has 1 fully saturated rings. The SMILES string of the molecule is CCC1CCNC(CN(CC)c2ccc(F)cc2)C1. The fraction of sp³-hybridized carbons (Fsp3) is 0.625. The number of benzene rings is 1. The topological polar surface area (TPSA) is 15.3 Å². The van der Waals surface area contributed by atoms with Gasteiger partial charge in [-0.05, 0) is 56.5 Å². The van der Waals surface area contributed by atoms with E-state index in [4.69, 9.17) is 0 Å². The molecular weight excluding hydrogens is 239 g/mol. The Labute approximate surface area is 116 Å². The fourth-order valence-corrected chi connectivity index (χ4v) is 2.94. The highest BCUT2D eigenvalue weighted by Crippen LogP contribution is 2.22. The third-order valence-corrected chi connectivity index (χ3v) is 4.20. The molecule has 1 aromatic carbocycles. The number of hydrogen-bond donors (Lipinski definition) is 1. The Bertz CT molecular complexity index is 377. The summed E-state index contributed by atoms with van der Waals surface area (Å²) in [5.41, 5.74) is 1.12. The van der Waals surface area contributed by atoms with Crippen LogP contribution in [0.25, 0.3) is 0 Å². The first kappa shape index (κ1) is 14.3. The molecule has 2 atom stereocenters. The first-order valence-corrected chi connectivity index (χ1v) is 7.46. The highest BCUT2D eigenvalue weighted by molar-refractivity contribution is 5.46. The minimum atomic E-state index is -0.165. The predicted molar refractivity (Wildman–Crippen MR) is 79.1 cm³/mol. The Morgan fingerprint density at radius 3 is 2.63 bits per heavy atom. The third-order valence-electron chi connectivity index (χ3n) is 4.20. The van der Waals surface area contributed by atoms with E-state index in [-0.39, 0.29) is 5.82 Å². The average molecular weight is 264 g/mol. The molecule has 1 heterocycles. The van der Waals surface area contributed by atoms with Crippen LogP contribution in [0.2, 0.25) is 0 Å². The van der Waals surface area contributed by atoms with Gasteiger partial charge in [-0.25, -0.2) is 4.39 Å². The van der Waals surface area contributed by atoms with Crippen molar-refractivity contribution in [1.29, 1.82) is 0 Å². The maximum absolute atomic E-state index is 13.0. The van der Waals surface area contributed by atoms with Gasteiger partial charge in [0.05, 0.1) is 0 Å². The van der Waals surface area contributed by atoms with Crippen LogP contribution in [0.5, 0.6) is 0 Å². The van der Waals surface area contributed by atoms with E-state index < -0.39 is 0 Å². The molecule has 2 nitrogen and oxygen atoms in total. The van der Waals surface area contributed by atoms with Crippen LogP contribution in [0.15, 0.2) is 24.3 Å². The maximum atomic E-state index is 13.0. The van der Waals surface area contributed by atoms with E-state index in [2.05, 4.69) is 24.1 Å². The molecular formula is C16H25FN2. The molecule has 106 valence electrons. The smallest absolute Gasteiger partial charge is 0.123 e. The molecule has 2 unspecified atom stereocenters. The lowest BCUT2D eigenvalue weighted by molar-refractivity contribution is 0.296. The van der Waals surface area contributed by atoms with Crippen molar-refractivity contribution in [3.05, 3.63) is 30.1 Å². The second-order valence-electron chi connectivity index (χ2n) is 5.46. The minimum Gasteiger partial charge on any atom is -0.370 e. The van der Waals surface area contributed by atoms with E-state index in [9.17, 15) is 4.39 Å². The van der Waals surface area contributed by atoms with Crippen LogP contribution >= 0.6 is 0 Å². The van der Waals surface area contributed by atoms with Gasteiger partial charge in [0.15, 0.2) is 0 Å². The van der Waals surface area contributed by atoms with Gasteiger partial charge in [-0.15, -0.1) is 0 Å². The monoisotopic (exact) mass is 264 g/mol. The normalized spacial score (nSPS) is 23.3. The number of nitrogens with zero attached hydrogens (tertiary/aromatic N) is 1. The highest BCUT2D eigenvalue weighted by atomic mass is 19.1. The van der Waals surface area contributed by atoms with Crippen LogP contribution < -0.4 is 10.2 Å². The molecule has 1 aromatic rings. The van der Waals surface area contributed by atoms with Crippen LogP contribution in [0.3, 0.4) is 0 Å². The Morgan fingerprint density at radius 2 is 2.00 bits per heavy atom. The molecule has 0 bridgehead atoms. The second kappa shape index (κ2) is 6.90. The molecule has 0 spiro atoms.